The molecular weight excluding hydrogens is 403 g/mol. The first-order chi connectivity index (χ1) is 15.4. The van der Waals surface area contributed by atoms with E-state index in [0.29, 0.717) is 12.5 Å². The number of guanidine groups is 1. The van der Waals surface area contributed by atoms with E-state index in [4.69, 9.17) is 4.99 Å². The van der Waals surface area contributed by atoms with Gasteiger partial charge in [-0.25, -0.2) is 4.39 Å². The molecule has 2 aromatic rings. The molecular formula is C25H39FN6. The second-order valence-corrected chi connectivity index (χ2v) is 9.05. The van der Waals surface area contributed by atoms with Gasteiger partial charge in [0.25, 0.3) is 0 Å². The Bertz CT molecular complexity index is 898. The van der Waals surface area contributed by atoms with Gasteiger partial charge in [-0.3, -0.25) is 14.6 Å². The molecule has 0 spiro atoms. The van der Waals surface area contributed by atoms with Gasteiger partial charge in [0.2, 0.25) is 0 Å². The van der Waals surface area contributed by atoms with Crippen LogP contribution < -0.4 is 10.6 Å². The zero-order valence-electron chi connectivity index (χ0n) is 20.3. The van der Waals surface area contributed by atoms with E-state index in [-0.39, 0.29) is 11.9 Å². The molecule has 0 radical (unpaired) electrons. The average Bonchev–Trinajstić information content (AvgIpc) is 3.00. The highest BCUT2D eigenvalue weighted by Crippen LogP contribution is 2.20. The Morgan fingerprint density at radius 1 is 1.25 bits per heavy atom. The summed E-state index contributed by atoms with van der Waals surface area (Å²) in [6.07, 6.45) is 3.12. The summed E-state index contributed by atoms with van der Waals surface area (Å²) in [5, 5.41) is 11.5. The molecule has 0 amide bonds. The molecule has 0 saturated carbocycles. The lowest BCUT2D eigenvalue weighted by atomic mass is 9.96. The van der Waals surface area contributed by atoms with Crippen LogP contribution in [0.25, 0.3) is 0 Å². The molecule has 1 atom stereocenters. The van der Waals surface area contributed by atoms with Crippen molar-refractivity contribution in [2.45, 2.75) is 59.5 Å². The van der Waals surface area contributed by atoms with E-state index in [0.717, 1.165) is 62.7 Å². The van der Waals surface area contributed by atoms with Crippen molar-refractivity contribution < 1.29 is 4.39 Å². The summed E-state index contributed by atoms with van der Waals surface area (Å²) in [5.74, 6) is 1.35. The quantitative estimate of drug-likeness (QED) is 0.485. The molecule has 176 valence electrons. The van der Waals surface area contributed by atoms with E-state index in [1.165, 1.54) is 11.3 Å². The second kappa shape index (κ2) is 11.5. The highest BCUT2D eigenvalue weighted by atomic mass is 19.1. The zero-order chi connectivity index (χ0) is 23.1. The van der Waals surface area contributed by atoms with Crippen molar-refractivity contribution in [3.63, 3.8) is 0 Å². The molecule has 2 N–H and O–H groups in total. The predicted octanol–water partition coefficient (Wildman–Crippen LogP) is 3.57. The summed E-state index contributed by atoms with van der Waals surface area (Å²) in [6.45, 7) is 12.8. The van der Waals surface area contributed by atoms with E-state index >= 15 is 0 Å². The van der Waals surface area contributed by atoms with Crippen molar-refractivity contribution in [3.8, 4) is 0 Å². The lowest BCUT2D eigenvalue weighted by Crippen LogP contribution is -2.43. The summed E-state index contributed by atoms with van der Waals surface area (Å²) in [6, 6.07) is 7.35. The van der Waals surface area contributed by atoms with Gasteiger partial charge in [0.05, 0.1) is 5.69 Å². The van der Waals surface area contributed by atoms with Crippen molar-refractivity contribution >= 4 is 5.96 Å². The molecule has 0 aliphatic carbocycles. The van der Waals surface area contributed by atoms with Crippen molar-refractivity contribution in [2.24, 2.45) is 18.0 Å². The van der Waals surface area contributed by atoms with E-state index in [1.54, 1.807) is 12.1 Å². The van der Waals surface area contributed by atoms with Crippen molar-refractivity contribution in [2.75, 3.05) is 26.2 Å². The van der Waals surface area contributed by atoms with Gasteiger partial charge < -0.3 is 10.6 Å². The fraction of sp³-hybridized carbons (Fsp3) is 0.600. The van der Waals surface area contributed by atoms with Crippen LogP contribution in [0.2, 0.25) is 0 Å². The maximum atomic E-state index is 13.9. The predicted molar refractivity (Wildman–Crippen MR) is 129 cm³/mol. The number of rotatable bonds is 8. The Morgan fingerprint density at radius 2 is 1.97 bits per heavy atom. The summed E-state index contributed by atoms with van der Waals surface area (Å²) in [4.78, 5) is 7.24. The third-order valence-corrected chi connectivity index (χ3v) is 6.46. The third kappa shape index (κ3) is 6.55. The topological polar surface area (TPSA) is 57.5 Å². The van der Waals surface area contributed by atoms with Crippen LogP contribution in [0.3, 0.4) is 0 Å². The minimum Gasteiger partial charge on any atom is -0.357 e. The molecule has 32 heavy (non-hydrogen) atoms. The lowest BCUT2D eigenvalue weighted by Gasteiger charge is -2.31. The number of likely N-dealkylation sites (tertiary alicyclic amines) is 1. The number of aryl methyl sites for hydroxylation is 2. The molecule has 1 saturated heterocycles. The number of hydrogen-bond donors (Lipinski definition) is 2. The Morgan fingerprint density at radius 3 is 2.59 bits per heavy atom. The summed E-state index contributed by atoms with van der Waals surface area (Å²) in [5.41, 5.74) is 4.42. The normalized spacial score (nSPS) is 16.9. The van der Waals surface area contributed by atoms with Gasteiger partial charge in [0.15, 0.2) is 5.96 Å². The highest BCUT2D eigenvalue weighted by molar-refractivity contribution is 5.80. The number of benzene rings is 1. The van der Waals surface area contributed by atoms with Gasteiger partial charge in [-0.05, 0) is 77.6 Å². The fourth-order valence-corrected chi connectivity index (χ4v) is 4.44. The molecule has 1 aromatic heterocycles. The smallest absolute Gasteiger partial charge is 0.191 e. The van der Waals surface area contributed by atoms with Gasteiger partial charge in [-0.1, -0.05) is 18.2 Å². The van der Waals surface area contributed by atoms with E-state index < -0.39 is 0 Å². The summed E-state index contributed by atoms with van der Waals surface area (Å²) >= 11 is 0. The molecule has 3 rings (SSSR count). The standard InChI is InChI=1S/C25H39FN6/c1-6-27-25(29-18(2)15-23-19(3)30-31(5)20(23)4)28-16-21-11-13-32(14-12-21)17-22-9-7-8-10-24(22)26/h7-10,18,21H,6,11-17H2,1-5H3,(H2,27,28,29). The van der Waals surface area contributed by atoms with Crippen LogP contribution in [0.1, 0.15) is 49.2 Å². The molecule has 1 aliphatic rings. The van der Waals surface area contributed by atoms with Crippen LogP contribution in [0.15, 0.2) is 29.3 Å². The Kier molecular flexibility index (Phi) is 8.67. The summed E-state index contributed by atoms with van der Waals surface area (Å²) in [7, 11) is 2.00. The van der Waals surface area contributed by atoms with Crippen LogP contribution in [-0.4, -0.2) is 52.9 Å². The van der Waals surface area contributed by atoms with Gasteiger partial charge >= 0.3 is 0 Å². The molecule has 6 nitrogen and oxygen atoms in total. The number of nitrogens with zero attached hydrogens (tertiary/aromatic N) is 4. The van der Waals surface area contributed by atoms with Crippen LogP contribution in [-0.2, 0) is 20.0 Å². The van der Waals surface area contributed by atoms with Crippen LogP contribution in [0.5, 0.6) is 0 Å². The first-order valence-corrected chi connectivity index (χ1v) is 11.9. The van der Waals surface area contributed by atoms with E-state index in [1.807, 2.05) is 23.9 Å². The molecule has 7 heteroatoms. The molecule has 2 heterocycles. The van der Waals surface area contributed by atoms with Crippen molar-refractivity contribution in [3.05, 3.63) is 52.6 Å². The Hall–Kier alpha value is -2.41. The van der Waals surface area contributed by atoms with Gasteiger partial charge in [-0.15, -0.1) is 0 Å². The van der Waals surface area contributed by atoms with Gasteiger partial charge in [0, 0.05) is 44.0 Å². The number of hydrogen-bond acceptors (Lipinski definition) is 3. The zero-order valence-corrected chi connectivity index (χ0v) is 20.3. The van der Waals surface area contributed by atoms with Gasteiger partial charge in [-0.2, -0.15) is 5.10 Å². The molecule has 1 unspecified atom stereocenters. The monoisotopic (exact) mass is 442 g/mol. The minimum absolute atomic E-state index is 0.105. The maximum absolute atomic E-state index is 13.9. The largest absolute Gasteiger partial charge is 0.357 e. The number of halogens is 1. The lowest BCUT2D eigenvalue weighted by molar-refractivity contribution is 0.179. The second-order valence-electron chi connectivity index (χ2n) is 9.05. The SMILES string of the molecule is CCNC(=NCC1CCN(Cc2ccccc2F)CC1)NC(C)Cc1c(C)nn(C)c1C. The molecule has 1 aliphatic heterocycles. The number of piperidine rings is 1. The van der Waals surface area contributed by atoms with Crippen molar-refractivity contribution in [1.82, 2.24) is 25.3 Å². The first kappa shape index (κ1) is 24.2. The minimum atomic E-state index is -0.105. The Balaban J connectivity index is 1.49. The maximum Gasteiger partial charge on any atom is 0.191 e. The van der Waals surface area contributed by atoms with Gasteiger partial charge in [0.1, 0.15) is 5.82 Å². The summed E-state index contributed by atoms with van der Waals surface area (Å²) < 4.78 is 15.9. The van der Waals surface area contributed by atoms with Crippen molar-refractivity contribution in [1.29, 1.82) is 0 Å². The number of aromatic nitrogens is 2. The first-order valence-electron chi connectivity index (χ1n) is 11.9. The Labute approximate surface area is 192 Å². The van der Waals surface area contributed by atoms with E-state index in [9.17, 15) is 4.39 Å². The van der Waals surface area contributed by atoms with Crippen LogP contribution >= 0.6 is 0 Å². The van der Waals surface area contributed by atoms with Crippen LogP contribution in [0.4, 0.5) is 4.39 Å². The third-order valence-electron chi connectivity index (χ3n) is 6.46. The number of aliphatic imine (C=N–C) groups is 1. The average molecular weight is 443 g/mol. The highest BCUT2D eigenvalue weighted by Gasteiger charge is 2.20. The molecule has 0 bridgehead atoms. The number of nitrogens with one attached hydrogen (secondary N) is 2. The fourth-order valence-electron chi connectivity index (χ4n) is 4.44. The van der Waals surface area contributed by atoms with E-state index in [2.05, 4.69) is 48.3 Å². The molecule has 1 fully saturated rings. The molecule has 1 aromatic carbocycles. The van der Waals surface area contributed by atoms with Crippen LogP contribution in [0, 0.1) is 25.6 Å².